The molecular weight excluding hydrogens is 424 g/mol. The van der Waals surface area contributed by atoms with E-state index in [0.29, 0.717) is 0 Å². The molecule has 166 valence electrons. The average Bonchev–Trinajstić information content (AvgIpc) is 3.30. The van der Waals surface area contributed by atoms with Crippen LogP contribution in [0.25, 0.3) is 5.69 Å². The van der Waals surface area contributed by atoms with Crippen LogP contribution >= 0.6 is 12.2 Å². The first-order chi connectivity index (χ1) is 15.9. The van der Waals surface area contributed by atoms with Crippen molar-refractivity contribution in [1.82, 2.24) is 14.9 Å². The molecule has 0 spiro atoms. The first-order valence-electron chi connectivity index (χ1n) is 11.3. The number of pyridine rings is 1. The van der Waals surface area contributed by atoms with Crippen molar-refractivity contribution >= 4 is 23.0 Å². The van der Waals surface area contributed by atoms with Crippen molar-refractivity contribution in [1.29, 1.82) is 0 Å². The lowest BCUT2D eigenvalue weighted by Crippen LogP contribution is -2.29. The van der Waals surface area contributed by atoms with E-state index in [0.717, 1.165) is 16.5 Å². The van der Waals surface area contributed by atoms with E-state index in [1.807, 2.05) is 18.3 Å². The van der Waals surface area contributed by atoms with Gasteiger partial charge in [-0.1, -0.05) is 35.9 Å². The molecular formula is C28H28N4S. The predicted octanol–water partition coefficient (Wildman–Crippen LogP) is 6.28. The molecule has 1 N–H and O–H groups in total. The molecule has 0 unspecified atom stereocenters. The summed E-state index contributed by atoms with van der Waals surface area (Å²) in [4.78, 5) is 6.93. The number of nitrogens with one attached hydrogen (secondary N) is 1. The maximum absolute atomic E-state index is 5.88. The van der Waals surface area contributed by atoms with Crippen molar-refractivity contribution in [3.05, 3.63) is 113 Å². The molecule has 33 heavy (non-hydrogen) atoms. The van der Waals surface area contributed by atoms with E-state index in [1.165, 1.54) is 33.8 Å². The van der Waals surface area contributed by atoms with Gasteiger partial charge in [-0.2, -0.15) is 0 Å². The minimum absolute atomic E-state index is 0.0140. The number of hydrogen-bond acceptors (Lipinski definition) is 2. The van der Waals surface area contributed by atoms with Crippen LogP contribution in [0.2, 0.25) is 0 Å². The van der Waals surface area contributed by atoms with Gasteiger partial charge in [-0.15, -0.1) is 0 Å². The van der Waals surface area contributed by atoms with E-state index < -0.39 is 0 Å². The number of aryl methyl sites for hydroxylation is 3. The molecule has 2 atom stereocenters. The highest BCUT2D eigenvalue weighted by Crippen LogP contribution is 2.43. The number of rotatable bonds is 4. The van der Waals surface area contributed by atoms with Crippen molar-refractivity contribution in [2.75, 3.05) is 4.90 Å². The Morgan fingerprint density at radius 1 is 0.818 bits per heavy atom. The molecule has 2 aromatic heterocycles. The highest BCUT2D eigenvalue weighted by atomic mass is 32.1. The van der Waals surface area contributed by atoms with Gasteiger partial charge in [-0.3, -0.25) is 4.98 Å². The Hall–Kier alpha value is -3.44. The first kappa shape index (κ1) is 21.4. The highest BCUT2D eigenvalue weighted by Gasteiger charge is 2.42. The van der Waals surface area contributed by atoms with Crippen LogP contribution < -0.4 is 10.2 Å². The molecule has 5 rings (SSSR count). The van der Waals surface area contributed by atoms with Crippen molar-refractivity contribution in [2.24, 2.45) is 0 Å². The van der Waals surface area contributed by atoms with Gasteiger partial charge in [0.15, 0.2) is 5.11 Å². The van der Waals surface area contributed by atoms with Crippen LogP contribution in [0.3, 0.4) is 0 Å². The topological polar surface area (TPSA) is 33.1 Å². The summed E-state index contributed by atoms with van der Waals surface area (Å²) < 4.78 is 2.34. The first-order valence-corrected chi connectivity index (χ1v) is 11.7. The number of hydrogen-bond donors (Lipinski definition) is 1. The van der Waals surface area contributed by atoms with Gasteiger partial charge in [0.2, 0.25) is 0 Å². The highest BCUT2D eigenvalue weighted by molar-refractivity contribution is 7.80. The fraction of sp³-hybridized carbons (Fsp3) is 0.214. The summed E-state index contributed by atoms with van der Waals surface area (Å²) in [7, 11) is 0. The zero-order valence-electron chi connectivity index (χ0n) is 19.4. The van der Waals surface area contributed by atoms with Gasteiger partial charge in [0.25, 0.3) is 0 Å². The Balaban J connectivity index is 1.68. The van der Waals surface area contributed by atoms with Crippen molar-refractivity contribution in [2.45, 2.75) is 39.8 Å². The number of aromatic nitrogens is 2. The van der Waals surface area contributed by atoms with E-state index >= 15 is 0 Å². The lowest BCUT2D eigenvalue weighted by atomic mass is 9.96. The second-order valence-corrected chi connectivity index (χ2v) is 9.22. The lowest BCUT2D eigenvalue weighted by Gasteiger charge is -2.28. The standard InChI is InChI=1S/C28H28N4S/c1-18-11-13-22(14-12-18)32-27(26(30-28(32)33)25-10-5-6-15-29-25)24-17-20(3)31(21(24)4)23-9-7-8-19(2)16-23/h5-17,26-27H,1-4H3,(H,30,33)/t26-,27+/m1/s1. The minimum atomic E-state index is -0.0496. The van der Waals surface area contributed by atoms with Gasteiger partial charge < -0.3 is 14.8 Å². The molecule has 1 aliphatic rings. The largest absolute Gasteiger partial charge is 0.351 e. The zero-order valence-corrected chi connectivity index (χ0v) is 20.2. The number of benzene rings is 2. The summed E-state index contributed by atoms with van der Waals surface area (Å²) in [5.74, 6) is 0. The maximum atomic E-state index is 5.88. The van der Waals surface area contributed by atoms with E-state index in [4.69, 9.17) is 12.2 Å². The Morgan fingerprint density at radius 3 is 2.30 bits per heavy atom. The van der Waals surface area contributed by atoms with Gasteiger partial charge in [-0.05, 0) is 93.5 Å². The second kappa shape index (κ2) is 8.49. The molecule has 1 fully saturated rings. The summed E-state index contributed by atoms with van der Waals surface area (Å²) in [5, 5.41) is 4.29. The molecule has 5 heteroatoms. The predicted molar refractivity (Wildman–Crippen MR) is 139 cm³/mol. The van der Waals surface area contributed by atoms with Gasteiger partial charge in [0.1, 0.15) is 0 Å². The maximum Gasteiger partial charge on any atom is 0.174 e. The second-order valence-electron chi connectivity index (χ2n) is 8.83. The van der Waals surface area contributed by atoms with Crippen molar-refractivity contribution < 1.29 is 0 Å². The van der Waals surface area contributed by atoms with Gasteiger partial charge >= 0.3 is 0 Å². The molecule has 0 radical (unpaired) electrons. The van der Waals surface area contributed by atoms with Gasteiger partial charge in [0.05, 0.1) is 17.8 Å². The van der Waals surface area contributed by atoms with Crippen molar-refractivity contribution in [3.63, 3.8) is 0 Å². The third kappa shape index (κ3) is 3.83. The molecule has 1 saturated heterocycles. The van der Waals surface area contributed by atoms with Crippen LogP contribution in [0.1, 0.15) is 45.9 Å². The Kier molecular flexibility index (Phi) is 5.51. The van der Waals surface area contributed by atoms with Crippen LogP contribution in [-0.2, 0) is 0 Å². The average molecular weight is 453 g/mol. The number of thiocarbonyl (C=S) groups is 1. The molecule has 4 aromatic rings. The van der Waals surface area contributed by atoms with E-state index in [2.05, 4.69) is 108 Å². The Morgan fingerprint density at radius 2 is 1.61 bits per heavy atom. The third-order valence-electron chi connectivity index (χ3n) is 6.46. The molecule has 0 bridgehead atoms. The molecule has 1 aliphatic heterocycles. The Bertz CT molecular complexity index is 1310. The molecule has 0 aliphatic carbocycles. The quantitative estimate of drug-likeness (QED) is 0.369. The third-order valence-corrected chi connectivity index (χ3v) is 6.77. The van der Waals surface area contributed by atoms with Crippen LogP contribution in [0.5, 0.6) is 0 Å². The van der Waals surface area contributed by atoms with Crippen LogP contribution in [-0.4, -0.2) is 14.7 Å². The number of anilines is 1. The van der Waals surface area contributed by atoms with Gasteiger partial charge in [-0.25, -0.2) is 0 Å². The summed E-state index contributed by atoms with van der Waals surface area (Å²) >= 11 is 5.88. The normalized spacial score (nSPS) is 17.9. The van der Waals surface area contributed by atoms with Crippen molar-refractivity contribution in [3.8, 4) is 5.69 Å². The summed E-state index contributed by atoms with van der Waals surface area (Å²) in [6, 6.07) is 25.5. The Labute approximate surface area is 200 Å². The molecule has 0 saturated carbocycles. The summed E-state index contributed by atoms with van der Waals surface area (Å²) in [6.07, 6.45) is 1.85. The molecule has 4 nitrogen and oxygen atoms in total. The van der Waals surface area contributed by atoms with E-state index in [-0.39, 0.29) is 12.1 Å². The minimum Gasteiger partial charge on any atom is -0.351 e. The summed E-state index contributed by atoms with van der Waals surface area (Å²) in [5.41, 5.74) is 9.40. The smallest absolute Gasteiger partial charge is 0.174 e. The fourth-order valence-corrected chi connectivity index (χ4v) is 5.25. The van der Waals surface area contributed by atoms with E-state index in [1.54, 1.807) is 0 Å². The fourth-order valence-electron chi connectivity index (χ4n) is 4.91. The summed E-state index contributed by atoms with van der Waals surface area (Å²) in [6.45, 7) is 8.61. The van der Waals surface area contributed by atoms with Gasteiger partial charge in [0, 0.05) is 29.0 Å². The SMILES string of the molecule is Cc1ccc(N2C(=S)N[C@H](c3ccccn3)[C@@H]2c2cc(C)n(-c3cccc(C)c3)c2C)cc1. The molecule has 2 aromatic carbocycles. The van der Waals surface area contributed by atoms with Crippen LogP contribution in [0, 0.1) is 27.7 Å². The number of nitrogens with zero attached hydrogens (tertiary/aromatic N) is 3. The zero-order chi connectivity index (χ0) is 23.1. The van der Waals surface area contributed by atoms with Crippen LogP contribution in [0.4, 0.5) is 5.69 Å². The van der Waals surface area contributed by atoms with E-state index in [9.17, 15) is 0 Å². The molecule has 3 heterocycles. The van der Waals surface area contributed by atoms with Crippen LogP contribution in [0.15, 0.2) is 79.0 Å². The molecule has 0 amide bonds. The lowest BCUT2D eigenvalue weighted by molar-refractivity contribution is 0.565. The monoisotopic (exact) mass is 452 g/mol.